The number of sulfonamides is 1. The number of carbonyl (C=O) groups is 2. The first-order valence-corrected chi connectivity index (χ1v) is 10.6. The van der Waals surface area contributed by atoms with Crippen LogP contribution in [-0.4, -0.2) is 74.9 Å². The Bertz CT molecular complexity index is 811. The highest BCUT2D eigenvalue weighted by molar-refractivity contribution is 7.89. The van der Waals surface area contributed by atoms with E-state index in [1.807, 2.05) is 0 Å². The maximum absolute atomic E-state index is 12.8. The van der Waals surface area contributed by atoms with E-state index in [-0.39, 0.29) is 42.1 Å². The standard InChI is InChI=1S/C18H25N3O5S/c1-2-20-9-4-6-15(12-20)26-18(23)14-5-3-7-16(11-14)27(24,25)21-10-8-19-17(22)13-21/h3,5,7,11,15H,2,4,6,8-10,12-13H2,1H3,(H,19,22). The number of hydrogen-bond donors (Lipinski definition) is 1. The number of benzene rings is 1. The second kappa shape index (κ2) is 8.37. The highest BCUT2D eigenvalue weighted by atomic mass is 32.2. The molecule has 9 heteroatoms. The van der Waals surface area contributed by atoms with Gasteiger partial charge in [0.2, 0.25) is 15.9 Å². The van der Waals surface area contributed by atoms with Crippen LogP contribution in [0.15, 0.2) is 29.2 Å². The monoisotopic (exact) mass is 395 g/mol. The van der Waals surface area contributed by atoms with Crippen molar-refractivity contribution < 1.29 is 22.7 Å². The first-order valence-electron chi connectivity index (χ1n) is 9.20. The van der Waals surface area contributed by atoms with Crippen molar-refractivity contribution in [2.75, 3.05) is 39.3 Å². The summed E-state index contributed by atoms with van der Waals surface area (Å²) in [6.07, 6.45) is 1.60. The molecule has 2 saturated heterocycles. The van der Waals surface area contributed by atoms with Crippen molar-refractivity contribution in [1.82, 2.24) is 14.5 Å². The molecular formula is C18H25N3O5S. The van der Waals surface area contributed by atoms with Crippen LogP contribution in [-0.2, 0) is 19.6 Å². The fourth-order valence-electron chi connectivity index (χ4n) is 3.37. The van der Waals surface area contributed by atoms with E-state index >= 15 is 0 Å². The predicted octanol–water partition coefficient (Wildman–Crippen LogP) is 0.448. The molecule has 27 heavy (non-hydrogen) atoms. The van der Waals surface area contributed by atoms with Crippen molar-refractivity contribution in [3.8, 4) is 0 Å². The lowest BCUT2D eigenvalue weighted by Crippen LogP contribution is -2.49. The molecule has 2 fully saturated rings. The summed E-state index contributed by atoms with van der Waals surface area (Å²) in [5.74, 6) is -0.857. The van der Waals surface area contributed by atoms with Gasteiger partial charge in [0, 0.05) is 19.6 Å². The number of likely N-dealkylation sites (N-methyl/N-ethyl adjacent to an activating group) is 1. The smallest absolute Gasteiger partial charge is 0.338 e. The molecule has 2 aliphatic rings. The van der Waals surface area contributed by atoms with Crippen molar-refractivity contribution in [3.63, 3.8) is 0 Å². The average Bonchev–Trinajstić information content (AvgIpc) is 2.68. The van der Waals surface area contributed by atoms with Gasteiger partial charge in [0.05, 0.1) is 17.0 Å². The number of esters is 1. The zero-order valence-corrected chi connectivity index (χ0v) is 16.2. The van der Waals surface area contributed by atoms with Crippen LogP contribution in [0.2, 0.25) is 0 Å². The van der Waals surface area contributed by atoms with Crippen LogP contribution in [0.3, 0.4) is 0 Å². The molecule has 0 spiro atoms. The molecule has 1 aromatic carbocycles. The Morgan fingerprint density at radius 2 is 2.15 bits per heavy atom. The number of nitrogens with one attached hydrogen (secondary N) is 1. The van der Waals surface area contributed by atoms with Crippen LogP contribution in [0.4, 0.5) is 0 Å². The minimum atomic E-state index is -3.84. The van der Waals surface area contributed by atoms with Crippen LogP contribution < -0.4 is 5.32 Å². The number of rotatable bonds is 5. The Hall–Kier alpha value is -1.97. The van der Waals surface area contributed by atoms with E-state index < -0.39 is 16.0 Å². The van der Waals surface area contributed by atoms with Gasteiger partial charge >= 0.3 is 5.97 Å². The maximum Gasteiger partial charge on any atom is 0.338 e. The Balaban J connectivity index is 1.73. The predicted molar refractivity (Wildman–Crippen MR) is 98.8 cm³/mol. The van der Waals surface area contributed by atoms with E-state index in [2.05, 4.69) is 17.1 Å². The number of hydrogen-bond acceptors (Lipinski definition) is 6. The summed E-state index contributed by atoms with van der Waals surface area (Å²) < 4.78 is 32.2. The Morgan fingerprint density at radius 3 is 2.89 bits per heavy atom. The summed E-state index contributed by atoms with van der Waals surface area (Å²) in [5, 5.41) is 2.60. The van der Waals surface area contributed by atoms with Crippen molar-refractivity contribution in [2.24, 2.45) is 0 Å². The van der Waals surface area contributed by atoms with E-state index in [4.69, 9.17) is 4.74 Å². The zero-order chi connectivity index (χ0) is 19.4. The third-order valence-electron chi connectivity index (χ3n) is 4.89. The summed E-state index contributed by atoms with van der Waals surface area (Å²) in [7, 11) is -3.84. The van der Waals surface area contributed by atoms with Crippen molar-refractivity contribution >= 4 is 21.9 Å². The fraction of sp³-hybridized carbons (Fsp3) is 0.556. The van der Waals surface area contributed by atoms with Gasteiger partial charge in [-0.15, -0.1) is 0 Å². The molecule has 1 N–H and O–H groups in total. The van der Waals surface area contributed by atoms with Crippen molar-refractivity contribution in [2.45, 2.75) is 30.8 Å². The van der Waals surface area contributed by atoms with E-state index in [9.17, 15) is 18.0 Å². The second-order valence-corrected chi connectivity index (χ2v) is 8.72. The van der Waals surface area contributed by atoms with Gasteiger partial charge in [0.1, 0.15) is 6.10 Å². The largest absolute Gasteiger partial charge is 0.457 e. The molecule has 1 unspecified atom stereocenters. The normalized spacial score (nSPS) is 22.3. The van der Waals surface area contributed by atoms with Gasteiger partial charge in [0.15, 0.2) is 0 Å². The molecule has 8 nitrogen and oxygen atoms in total. The van der Waals surface area contributed by atoms with Crippen LogP contribution >= 0.6 is 0 Å². The van der Waals surface area contributed by atoms with Gasteiger partial charge in [-0.3, -0.25) is 9.69 Å². The number of piperidine rings is 1. The van der Waals surface area contributed by atoms with Gasteiger partial charge in [-0.05, 0) is 44.1 Å². The minimum absolute atomic E-state index is 0.00882. The number of carbonyl (C=O) groups excluding carboxylic acids is 2. The fourth-order valence-corrected chi connectivity index (χ4v) is 4.81. The summed E-state index contributed by atoms with van der Waals surface area (Å²) in [5.41, 5.74) is 0.200. The number of piperazine rings is 1. The lowest BCUT2D eigenvalue weighted by molar-refractivity contribution is -0.122. The Kier molecular flexibility index (Phi) is 6.13. The van der Waals surface area contributed by atoms with E-state index in [1.54, 1.807) is 6.07 Å². The summed E-state index contributed by atoms with van der Waals surface area (Å²) in [6.45, 7) is 4.94. The molecule has 0 aromatic heterocycles. The highest BCUT2D eigenvalue weighted by Gasteiger charge is 2.30. The molecule has 2 heterocycles. The SMILES string of the molecule is CCN1CCCC(OC(=O)c2cccc(S(=O)(=O)N3CCNC(=O)C3)c2)C1. The van der Waals surface area contributed by atoms with Gasteiger partial charge in [0.25, 0.3) is 0 Å². The molecule has 1 atom stereocenters. The second-order valence-electron chi connectivity index (χ2n) is 6.78. The number of likely N-dealkylation sites (tertiary alicyclic amines) is 1. The molecule has 1 aromatic rings. The summed E-state index contributed by atoms with van der Waals surface area (Å²) in [6, 6.07) is 5.82. The Labute approximate surface area is 159 Å². The van der Waals surface area contributed by atoms with Gasteiger partial charge in [-0.2, -0.15) is 4.31 Å². The third kappa shape index (κ3) is 4.66. The first-order chi connectivity index (χ1) is 12.9. The summed E-state index contributed by atoms with van der Waals surface area (Å²) in [4.78, 5) is 26.2. The van der Waals surface area contributed by atoms with Crippen LogP contribution in [0.25, 0.3) is 0 Å². The van der Waals surface area contributed by atoms with E-state index in [1.165, 1.54) is 18.2 Å². The van der Waals surface area contributed by atoms with Crippen LogP contribution in [0, 0.1) is 0 Å². The number of amides is 1. The zero-order valence-electron chi connectivity index (χ0n) is 15.4. The third-order valence-corrected chi connectivity index (χ3v) is 6.74. The molecule has 0 saturated carbocycles. The molecular weight excluding hydrogens is 370 g/mol. The van der Waals surface area contributed by atoms with Crippen LogP contribution in [0.1, 0.15) is 30.1 Å². The molecule has 0 bridgehead atoms. The van der Waals surface area contributed by atoms with Gasteiger partial charge in [-0.25, -0.2) is 13.2 Å². The lowest BCUT2D eigenvalue weighted by atomic mass is 10.1. The highest BCUT2D eigenvalue weighted by Crippen LogP contribution is 2.20. The Morgan fingerprint density at radius 1 is 1.33 bits per heavy atom. The van der Waals surface area contributed by atoms with Crippen LogP contribution in [0.5, 0.6) is 0 Å². The topological polar surface area (TPSA) is 96.0 Å². The lowest BCUT2D eigenvalue weighted by Gasteiger charge is -2.31. The molecule has 0 radical (unpaired) electrons. The number of ether oxygens (including phenoxy) is 1. The molecule has 1 amide bonds. The van der Waals surface area contributed by atoms with Gasteiger partial charge in [-0.1, -0.05) is 13.0 Å². The molecule has 148 valence electrons. The summed E-state index contributed by atoms with van der Waals surface area (Å²) >= 11 is 0. The molecule has 3 rings (SSSR count). The van der Waals surface area contributed by atoms with E-state index in [0.717, 1.165) is 30.2 Å². The average molecular weight is 395 g/mol. The molecule has 2 aliphatic heterocycles. The number of nitrogens with zero attached hydrogens (tertiary/aromatic N) is 2. The van der Waals surface area contributed by atoms with Crippen molar-refractivity contribution in [1.29, 1.82) is 0 Å². The molecule has 0 aliphatic carbocycles. The maximum atomic E-state index is 12.8. The van der Waals surface area contributed by atoms with Gasteiger partial charge < -0.3 is 10.1 Å². The quantitative estimate of drug-likeness (QED) is 0.727. The van der Waals surface area contributed by atoms with Crippen molar-refractivity contribution in [3.05, 3.63) is 29.8 Å². The van der Waals surface area contributed by atoms with E-state index in [0.29, 0.717) is 6.54 Å². The first kappa shape index (κ1) is 19.8. The minimum Gasteiger partial charge on any atom is -0.457 e.